The summed E-state index contributed by atoms with van der Waals surface area (Å²) in [6.45, 7) is 5.74. The van der Waals surface area contributed by atoms with Gasteiger partial charge in [0.05, 0.1) is 18.9 Å². The Bertz CT molecular complexity index is 1240. The van der Waals surface area contributed by atoms with E-state index in [0.29, 0.717) is 12.8 Å². The minimum absolute atomic E-state index is 0.179. The molecular formula is C38H48O5. The first-order valence-electron chi connectivity index (χ1n) is 15.5. The third kappa shape index (κ3) is 12.9. The van der Waals surface area contributed by atoms with Crippen LogP contribution >= 0.6 is 0 Å². The molecule has 0 fully saturated rings. The van der Waals surface area contributed by atoms with Crippen LogP contribution in [0.1, 0.15) is 82.4 Å². The molecule has 0 unspecified atom stereocenters. The molecule has 3 aromatic carbocycles. The second kappa shape index (κ2) is 17.9. The number of unbranched alkanes of at least 4 members (excludes halogenated alkanes) is 4. The molecule has 3 rings (SSSR count). The summed E-state index contributed by atoms with van der Waals surface area (Å²) in [5.74, 6) is -1.17. The van der Waals surface area contributed by atoms with E-state index in [9.17, 15) is 9.59 Å². The maximum atomic E-state index is 13.6. The molecule has 43 heavy (non-hydrogen) atoms. The van der Waals surface area contributed by atoms with Crippen LogP contribution in [0.25, 0.3) is 6.08 Å². The number of hydrogen-bond donors (Lipinski definition) is 0. The lowest BCUT2D eigenvalue weighted by molar-refractivity contribution is -0.169. The molecule has 0 saturated carbocycles. The van der Waals surface area contributed by atoms with Crippen molar-refractivity contribution in [3.8, 4) is 5.75 Å². The molecule has 0 heterocycles. The van der Waals surface area contributed by atoms with Crippen molar-refractivity contribution in [3.05, 3.63) is 108 Å². The summed E-state index contributed by atoms with van der Waals surface area (Å²) in [5, 5.41) is 0. The van der Waals surface area contributed by atoms with Crippen molar-refractivity contribution in [1.29, 1.82) is 0 Å². The van der Waals surface area contributed by atoms with E-state index in [0.717, 1.165) is 55.4 Å². The molecular weight excluding hydrogens is 536 g/mol. The Hall–Kier alpha value is -3.86. The zero-order valence-electron chi connectivity index (χ0n) is 26.3. The third-order valence-corrected chi connectivity index (χ3v) is 7.36. The van der Waals surface area contributed by atoms with Gasteiger partial charge >= 0.3 is 11.9 Å². The molecule has 5 nitrogen and oxygen atoms in total. The van der Waals surface area contributed by atoms with E-state index in [4.69, 9.17) is 14.2 Å². The van der Waals surface area contributed by atoms with Crippen molar-refractivity contribution >= 4 is 18.0 Å². The molecule has 2 atom stereocenters. The minimum Gasteiger partial charge on any atom is -0.497 e. The molecule has 0 aliphatic carbocycles. The Morgan fingerprint density at radius 2 is 1.33 bits per heavy atom. The lowest BCUT2D eigenvalue weighted by Crippen LogP contribution is -2.36. The maximum Gasteiger partial charge on any atom is 0.310 e. The fourth-order valence-electron chi connectivity index (χ4n) is 5.06. The van der Waals surface area contributed by atoms with Gasteiger partial charge in [-0.3, -0.25) is 9.59 Å². The monoisotopic (exact) mass is 584 g/mol. The van der Waals surface area contributed by atoms with Gasteiger partial charge in [-0.15, -0.1) is 0 Å². The van der Waals surface area contributed by atoms with E-state index < -0.39 is 17.4 Å². The fraction of sp³-hybridized carbons (Fsp3) is 0.421. The first kappa shape index (κ1) is 33.6. The first-order valence-corrected chi connectivity index (χ1v) is 15.5. The van der Waals surface area contributed by atoms with E-state index in [1.807, 2.05) is 93.6 Å². The van der Waals surface area contributed by atoms with Crippen molar-refractivity contribution in [3.63, 3.8) is 0 Å². The summed E-state index contributed by atoms with van der Waals surface area (Å²) in [6, 6.07) is 27.9. The Morgan fingerprint density at radius 3 is 1.95 bits per heavy atom. The SMILES string of the molecule is COc1ccc(/C=C/C[C@H](C(=O)OC(C)(C)C)[C@@H](CCCCCCCc2ccccc2)C(=O)OCc2ccccc2)cc1. The van der Waals surface area contributed by atoms with Crippen LogP contribution in [-0.4, -0.2) is 24.6 Å². The number of esters is 2. The summed E-state index contributed by atoms with van der Waals surface area (Å²) in [7, 11) is 1.64. The van der Waals surface area contributed by atoms with E-state index in [-0.39, 0.29) is 18.5 Å². The third-order valence-electron chi connectivity index (χ3n) is 7.36. The lowest BCUT2D eigenvalue weighted by Gasteiger charge is -2.28. The number of ether oxygens (including phenoxy) is 3. The molecule has 0 amide bonds. The van der Waals surface area contributed by atoms with Crippen LogP contribution in [-0.2, 0) is 32.1 Å². The Morgan fingerprint density at radius 1 is 0.721 bits per heavy atom. The minimum atomic E-state index is -0.660. The number of allylic oxidation sites excluding steroid dienone is 1. The standard InChI is InChI=1S/C38H48O5/c1-38(2,3)43-37(40)35(24-16-22-31-25-27-33(41-4)28-26-31)34(36(39)42-29-32-20-13-9-14-21-32)23-15-7-5-6-10-17-30-18-11-8-12-19-30/h8-9,11-14,16,18-22,25-28,34-35H,5-7,10,15,17,23-24,29H2,1-4H3/b22-16+/t34-,35+/m1/s1. The summed E-state index contributed by atoms with van der Waals surface area (Å²) < 4.78 is 16.9. The van der Waals surface area contributed by atoms with E-state index in [2.05, 4.69) is 24.3 Å². The number of carbonyl (C=O) groups excluding carboxylic acids is 2. The van der Waals surface area contributed by atoms with Gasteiger partial charge in [0, 0.05) is 0 Å². The smallest absolute Gasteiger partial charge is 0.310 e. The van der Waals surface area contributed by atoms with Gasteiger partial charge in [-0.25, -0.2) is 0 Å². The number of hydrogen-bond acceptors (Lipinski definition) is 5. The van der Waals surface area contributed by atoms with Gasteiger partial charge in [-0.1, -0.05) is 111 Å². The molecule has 3 aromatic rings. The quantitative estimate of drug-likeness (QED) is 0.117. The number of rotatable bonds is 17. The van der Waals surface area contributed by atoms with Crippen LogP contribution in [0.5, 0.6) is 5.75 Å². The molecule has 0 aromatic heterocycles. The zero-order chi connectivity index (χ0) is 30.9. The molecule has 0 bridgehead atoms. The summed E-state index contributed by atoms with van der Waals surface area (Å²) >= 11 is 0. The highest BCUT2D eigenvalue weighted by atomic mass is 16.6. The fourth-order valence-corrected chi connectivity index (χ4v) is 5.06. The van der Waals surface area contributed by atoms with Crippen molar-refractivity contribution in [2.45, 2.75) is 84.3 Å². The Labute approximate surface area is 258 Å². The van der Waals surface area contributed by atoms with E-state index in [1.54, 1.807) is 7.11 Å². The zero-order valence-corrected chi connectivity index (χ0v) is 26.3. The highest BCUT2D eigenvalue weighted by Crippen LogP contribution is 2.29. The van der Waals surface area contributed by atoms with Crippen molar-refractivity contribution in [1.82, 2.24) is 0 Å². The van der Waals surface area contributed by atoms with Gasteiger partial charge in [-0.05, 0) is 75.3 Å². The molecule has 0 aliphatic heterocycles. The average molecular weight is 585 g/mol. The first-order chi connectivity index (χ1) is 20.7. The van der Waals surface area contributed by atoms with Gasteiger partial charge in [0.15, 0.2) is 0 Å². The summed E-state index contributed by atoms with van der Waals surface area (Å²) in [6.07, 6.45) is 11.2. The maximum absolute atomic E-state index is 13.6. The van der Waals surface area contributed by atoms with E-state index in [1.165, 1.54) is 5.56 Å². The molecule has 5 heteroatoms. The largest absolute Gasteiger partial charge is 0.497 e. The highest BCUT2D eigenvalue weighted by molar-refractivity contribution is 5.82. The van der Waals surface area contributed by atoms with Crippen LogP contribution in [0.4, 0.5) is 0 Å². The van der Waals surface area contributed by atoms with Crippen LogP contribution in [0.15, 0.2) is 91.0 Å². The van der Waals surface area contributed by atoms with Gasteiger partial charge in [0.1, 0.15) is 18.0 Å². The predicted molar refractivity (Wildman–Crippen MR) is 174 cm³/mol. The van der Waals surface area contributed by atoms with Crippen molar-refractivity contribution in [2.75, 3.05) is 7.11 Å². The summed E-state index contributed by atoms with van der Waals surface area (Å²) in [5.41, 5.74) is 2.61. The van der Waals surface area contributed by atoms with Crippen LogP contribution in [0, 0.1) is 11.8 Å². The lowest BCUT2D eigenvalue weighted by atomic mass is 9.84. The van der Waals surface area contributed by atoms with Crippen LogP contribution < -0.4 is 4.74 Å². The van der Waals surface area contributed by atoms with Gasteiger partial charge in [-0.2, -0.15) is 0 Å². The molecule has 0 aliphatic rings. The Balaban J connectivity index is 1.68. The van der Waals surface area contributed by atoms with Crippen LogP contribution in [0.2, 0.25) is 0 Å². The van der Waals surface area contributed by atoms with Crippen LogP contribution in [0.3, 0.4) is 0 Å². The molecule has 0 radical (unpaired) electrons. The predicted octanol–water partition coefficient (Wildman–Crippen LogP) is 9.00. The van der Waals surface area contributed by atoms with E-state index >= 15 is 0 Å². The summed E-state index contributed by atoms with van der Waals surface area (Å²) in [4.78, 5) is 27.1. The number of benzene rings is 3. The van der Waals surface area contributed by atoms with Gasteiger partial charge in [0.25, 0.3) is 0 Å². The second-order valence-electron chi connectivity index (χ2n) is 12.0. The topological polar surface area (TPSA) is 61.8 Å². The van der Waals surface area contributed by atoms with Gasteiger partial charge < -0.3 is 14.2 Å². The Kier molecular flexibility index (Phi) is 14.0. The second-order valence-corrected chi connectivity index (χ2v) is 12.0. The number of carbonyl (C=O) groups is 2. The highest BCUT2D eigenvalue weighted by Gasteiger charge is 2.36. The molecule has 0 N–H and O–H groups in total. The number of aryl methyl sites for hydroxylation is 1. The van der Waals surface area contributed by atoms with Crippen molar-refractivity contribution < 1.29 is 23.8 Å². The molecule has 230 valence electrons. The molecule has 0 saturated heterocycles. The average Bonchev–Trinajstić information content (AvgIpc) is 3.00. The normalized spacial score (nSPS) is 12.9. The molecule has 0 spiro atoms. The number of methoxy groups -OCH3 is 1. The van der Waals surface area contributed by atoms with Gasteiger partial charge in [0.2, 0.25) is 0 Å². The van der Waals surface area contributed by atoms with Crippen molar-refractivity contribution in [2.24, 2.45) is 11.8 Å².